The highest BCUT2D eigenvalue weighted by molar-refractivity contribution is 5.91. The van der Waals surface area contributed by atoms with Crippen LogP contribution in [-0.2, 0) is 14.3 Å². The lowest BCUT2D eigenvalue weighted by atomic mass is 9.71. The van der Waals surface area contributed by atoms with Gasteiger partial charge in [0, 0.05) is 19.3 Å². The van der Waals surface area contributed by atoms with E-state index in [9.17, 15) is 19.8 Å². The van der Waals surface area contributed by atoms with E-state index in [1.54, 1.807) is 0 Å². The van der Waals surface area contributed by atoms with E-state index in [1.165, 1.54) is 6.92 Å². The molecule has 0 spiro atoms. The SMILES string of the molecule is [CH2]C(=O)[C@@H](C1C[C@](C)(O)C(=O)[C@@H](O)O1)C(C)(C)C. The fourth-order valence-corrected chi connectivity index (χ4v) is 2.48. The summed E-state index contributed by atoms with van der Waals surface area (Å²) in [5.41, 5.74) is -2.11. The molecule has 103 valence electrons. The standard InChI is InChI=1S/C13H21O5/c1-7(14)9(12(2,3)4)8-6-13(5,17)10(15)11(16)18-8/h8-9,11,16-17H,1,6H2,2-5H3/t8?,9-,11-,13-/m0/s1. The number of hydrogen-bond acceptors (Lipinski definition) is 5. The van der Waals surface area contributed by atoms with Gasteiger partial charge < -0.3 is 14.9 Å². The molecule has 5 heteroatoms. The van der Waals surface area contributed by atoms with Gasteiger partial charge >= 0.3 is 0 Å². The summed E-state index contributed by atoms with van der Waals surface area (Å²) < 4.78 is 5.17. The van der Waals surface area contributed by atoms with Crippen LogP contribution in [0.15, 0.2) is 0 Å². The maximum Gasteiger partial charge on any atom is 0.219 e. The Kier molecular flexibility index (Phi) is 4.00. The van der Waals surface area contributed by atoms with Gasteiger partial charge in [-0.15, -0.1) is 0 Å². The molecule has 0 bridgehead atoms. The van der Waals surface area contributed by atoms with Crippen LogP contribution in [0.5, 0.6) is 0 Å². The van der Waals surface area contributed by atoms with Crippen molar-refractivity contribution >= 4 is 11.6 Å². The number of aliphatic hydroxyl groups excluding tert-OH is 1. The van der Waals surface area contributed by atoms with Crippen molar-refractivity contribution < 1.29 is 24.5 Å². The predicted octanol–water partition coefficient (Wildman–Crippen LogP) is 0.479. The first-order valence-electron chi connectivity index (χ1n) is 5.93. The average molecular weight is 257 g/mol. The minimum absolute atomic E-state index is 0.0217. The van der Waals surface area contributed by atoms with Crippen molar-refractivity contribution in [1.82, 2.24) is 0 Å². The second-order valence-electron chi connectivity index (χ2n) is 6.18. The Morgan fingerprint density at radius 3 is 2.39 bits per heavy atom. The van der Waals surface area contributed by atoms with E-state index in [0.29, 0.717) is 0 Å². The van der Waals surface area contributed by atoms with Crippen LogP contribution < -0.4 is 0 Å². The monoisotopic (exact) mass is 257 g/mol. The molecule has 0 aromatic heterocycles. The number of Topliss-reactive ketones (excluding diaryl/α,β-unsaturated/α-hetero) is 2. The third kappa shape index (κ3) is 2.96. The number of rotatable bonds is 2. The van der Waals surface area contributed by atoms with E-state index in [1.807, 2.05) is 20.8 Å². The third-order valence-electron chi connectivity index (χ3n) is 3.31. The van der Waals surface area contributed by atoms with Crippen LogP contribution >= 0.6 is 0 Å². The number of hydrogen-bond donors (Lipinski definition) is 2. The van der Waals surface area contributed by atoms with Crippen molar-refractivity contribution in [1.29, 1.82) is 0 Å². The summed E-state index contributed by atoms with van der Waals surface area (Å²) in [4.78, 5) is 23.2. The molecule has 4 atom stereocenters. The first-order chi connectivity index (χ1) is 7.97. The van der Waals surface area contributed by atoms with Gasteiger partial charge in [0.2, 0.25) is 12.1 Å². The molecule has 2 N–H and O–H groups in total. The Morgan fingerprint density at radius 1 is 1.56 bits per heavy atom. The molecule has 0 saturated carbocycles. The summed E-state index contributed by atoms with van der Waals surface area (Å²) in [6.45, 7) is 10.3. The van der Waals surface area contributed by atoms with E-state index in [-0.39, 0.29) is 12.2 Å². The normalized spacial score (nSPS) is 35.4. The molecule has 1 aliphatic rings. The quantitative estimate of drug-likeness (QED) is 0.751. The Labute approximate surface area is 107 Å². The highest BCUT2D eigenvalue weighted by atomic mass is 16.6. The van der Waals surface area contributed by atoms with Gasteiger partial charge in [0.1, 0.15) is 11.4 Å². The molecule has 0 amide bonds. The van der Waals surface area contributed by atoms with Gasteiger partial charge in [-0.2, -0.15) is 0 Å². The topological polar surface area (TPSA) is 83.8 Å². The molecule has 1 radical (unpaired) electrons. The lowest BCUT2D eigenvalue weighted by molar-refractivity contribution is -0.220. The van der Waals surface area contributed by atoms with Gasteiger partial charge in [-0.25, -0.2) is 0 Å². The van der Waals surface area contributed by atoms with Crippen molar-refractivity contribution in [2.45, 2.75) is 52.1 Å². The zero-order valence-electron chi connectivity index (χ0n) is 11.3. The molecule has 5 nitrogen and oxygen atoms in total. The summed E-state index contributed by atoms with van der Waals surface area (Å²) >= 11 is 0. The summed E-state index contributed by atoms with van der Waals surface area (Å²) in [6.07, 6.45) is -2.44. The largest absolute Gasteiger partial charge is 0.382 e. The Balaban J connectivity index is 3.02. The number of carbonyl (C=O) groups excluding carboxylic acids is 2. The summed E-state index contributed by atoms with van der Waals surface area (Å²) in [5.74, 6) is -1.69. The van der Waals surface area contributed by atoms with Crippen LogP contribution in [0.3, 0.4) is 0 Å². The van der Waals surface area contributed by atoms with Gasteiger partial charge in [-0.3, -0.25) is 9.59 Å². The second kappa shape index (κ2) is 4.72. The van der Waals surface area contributed by atoms with Crippen LogP contribution in [0.1, 0.15) is 34.1 Å². The fraction of sp³-hybridized carbons (Fsp3) is 0.769. The van der Waals surface area contributed by atoms with Gasteiger partial charge in [-0.1, -0.05) is 20.8 Å². The Bertz CT molecular complexity index is 353. The van der Waals surface area contributed by atoms with Crippen LogP contribution in [0, 0.1) is 18.3 Å². The lowest BCUT2D eigenvalue weighted by Gasteiger charge is -2.42. The zero-order chi connectivity index (χ0) is 14.3. The van der Waals surface area contributed by atoms with Crippen LogP contribution in [0.25, 0.3) is 0 Å². The molecular formula is C13H21O5. The van der Waals surface area contributed by atoms with E-state index in [2.05, 4.69) is 6.92 Å². The minimum Gasteiger partial charge on any atom is -0.382 e. The molecule has 1 heterocycles. The number of ketones is 2. The van der Waals surface area contributed by atoms with E-state index in [0.717, 1.165) is 0 Å². The minimum atomic E-state index is -1.69. The van der Waals surface area contributed by atoms with Gasteiger partial charge in [0.15, 0.2) is 0 Å². The van der Waals surface area contributed by atoms with Crippen molar-refractivity contribution in [2.24, 2.45) is 11.3 Å². The molecule has 1 fully saturated rings. The first kappa shape index (κ1) is 15.3. The molecule has 0 aromatic rings. The smallest absolute Gasteiger partial charge is 0.219 e. The summed E-state index contributed by atoms with van der Waals surface area (Å²) in [6, 6.07) is 0. The zero-order valence-corrected chi connectivity index (χ0v) is 11.3. The second-order valence-corrected chi connectivity index (χ2v) is 6.18. The van der Waals surface area contributed by atoms with E-state index < -0.39 is 35.1 Å². The maximum absolute atomic E-state index is 11.6. The van der Waals surface area contributed by atoms with Gasteiger partial charge in [-0.05, 0) is 12.3 Å². The van der Waals surface area contributed by atoms with Crippen molar-refractivity contribution in [3.05, 3.63) is 6.92 Å². The molecule has 0 aliphatic carbocycles. The van der Waals surface area contributed by atoms with Crippen molar-refractivity contribution in [3.63, 3.8) is 0 Å². The van der Waals surface area contributed by atoms with Gasteiger partial charge in [0.25, 0.3) is 0 Å². The summed E-state index contributed by atoms with van der Waals surface area (Å²) in [5, 5.41) is 19.5. The summed E-state index contributed by atoms with van der Waals surface area (Å²) in [7, 11) is 0. The highest BCUT2D eigenvalue weighted by Gasteiger charge is 2.49. The van der Waals surface area contributed by atoms with Gasteiger partial charge in [0.05, 0.1) is 6.10 Å². The van der Waals surface area contributed by atoms with Crippen LogP contribution in [0.4, 0.5) is 0 Å². The van der Waals surface area contributed by atoms with Crippen LogP contribution in [0.2, 0.25) is 0 Å². The number of aliphatic hydroxyl groups is 2. The maximum atomic E-state index is 11.6. The number of carbonyl (C=O) groups is 2. The molecule has 1 unspecified atom stereocenters. The molecule has 1 rings (SSSR count). The van der Waals surface area contributed by atoms with E-state index >= 15 is 0 Å². The third-order valence-corrected chi connectivity index (χ3v) is 3.31. The Morgan fingerprint density at radius 2 is 2.06 bits per heavy atom. The predicted molar refractivity (Wildman–Crippen MR) is 64.4 cm³/mol. The fourth-order valence-electron chi connectivity index (χ4n) is 2.48. The van der Waals surface area contributed by atoms with E-state index in [4.69, 9.17) is 4.74 Å². The van der Waals surface area contributed by atoms with Crippen LogP contribution in [-0.4, -0.2) is 39.8 Å². The molecular weight excluding hydrogens is 236 g/mol. The lowest BCUT2D eigenvalue weighted by Crippen LogP contribution is -2.56. The highest BCUT2D eigenvalue weighted by Crippen LogP contribution is 2.37. The Hall–Kier alpha value is -0.780. The average Bonchev–Trinajstić information content (AvgIpc) is 2.10. The molecule has 18 heavy (non-hydrogen) atoms. The molecule has 0 aromatic carbocycles. The molecule has 1 saturated heterocycles. The molecule has 1 aliphatic heterocycles. The number of ether oxygens (including phenoxy) is 1. The van der Waals surface area contributed by atoms with Crippen molar-refractivity contribution in [3.8, 4) is 0 Å². The van der Waals surface area contributed by atoms with Crippen molar-refractivity contribution in [2.75, 3.05) is 0 Å². The first-order valence-corrected chi connectivity index (χ1v) is 5.93.